The third-order valence-corrected chi connectivity index (χ3v) is 4.37. The van der Waals surface area contributed by atoms with Crippen LogP contribution in [0.25, 0.3) is 0 Å². The maximum Gasteiger partial charge on any atom is -0.0332 e. The van der Waals surface area contributed by atoms with Crippen molar-refractivity contribution in [1.82, 2.24) is 0 Å². The maximum absolute atomic E-state index is 2.47. The van der Waals surface area contributed by atoms with E-state index in [-0.39, 0.29) is 0 Å². The summed E-state index contributed by atoms with van der Waals surface area (Å²) in [5, 5.41) is 0. The van der Waals surface area contributed by atoms with Crippen LogP contribution in [0.3, 0.4) is 0 Å². The van der Waals surface area contributed by atoms with E-state index in [1.807, 2.05) is 13.8 Å². The summed E-state index contributed by atoms with van der Waals surface area (Å²) in [6.45, 7) is 11.4. The van der Waals surface area contributed by atoms with E-state index in [1.165, 1.54) is 19.3 Å². The molecular weight excluding hydrogens is 156 g/mol. The molecule has 0 aromatic carbocycles. The number of fused-ring (bicyclic) bond motifs is 1. The van der Waals surface area contributed by atoms with Gasteiger partial charge in [0, 0.05) is 0 Å². The van der Waals surface area contributed by atoms with Gasteiger partial charge in [0.05, 0.1) is 0 Å². The average Bonchev–Trinajstić information content (AvgIpc) is 2.61. The van der Waals surface area contributed by atoms with Crippen LogP contribution in [0.2, 0.25) is 0 Å². The molecule has 0 nitrogen and oxygen atoms in total. The highest BCUT2D eigenvalue weighted by Gasteiger charge is 2.44. The number of hydrogen-bond donors (Lipinski definition) is 0. The second-order valence-electron chi connectivity index (χ2n) is 4.96. The van der Waals surface area contributed by atoms with Crippen molar-refractivity contribution in [2.24, 2.45) is 29.6 Å². The molecule has 2 saturated carbocycles. The van der Waals surface area contributed by atoms with E-state index in [2.05, 4.69) is 20.8 Å². The van der Waals surface area contributed by atoms with Gasteiger partial charge in [-0.15, -0.1) is 0 Å². The Morgan fingerprint density at radius 3 is 2.00 bits per heavy atom. The van der Waals surface area contributed by atoms with Gasteiger partial charge in [0.1, 0.15) is 0 Å². The van der Waals surface area contributed by atoms with E-state index in [4.69, 9.17) is 0 Å². The maximum atomic E-state index is 2.47. The van der Waals surface area contributed by atoms with Crippen LogP contribution in [0.4, 0.5) is 0 Å². The molecule has 78 valence electrons. The van der Waals surface area contributed by atoms with Gasteiger partial charge < -0.3 is 0 Å². The molecule has 0 radical (unpaired) electrons. The van der Waals surface area contributed by atoms with E-state index in [0.717, 1.165) is 29.6 Å². The first kappa shape index (κ1) is 11.1. The molecule has 0 heterocycles. The van der Waals surface area contributed by atoms with Crippen molar-refractivity contribution < 1.29 is 0 Å². The molecule has 0 N–H and O–H groups in total. The molecule has 0 saturated heterocycles. The predicted molar refractivity (Wildman–Crippen MR) is 59.7 cm³/mol. The third kappa shape index (κ3) is 1.92. The van der Waals surface area contributed by atoms with Gasteiger partial charge in [-0.05, 0) is 42.4 Å². The second kappa shape index (κ2) is 4.48. The van der Waals surface area contributed by atoms with E-state index in [1.54, 1.807) is 0 Å². The summed E-state index contributed by atoms with van der Waals surface area (Å²) in [5.74, 6) is 5.24. The van der Waals surface area contributed by atoms with Crippen molar-refractivity contribution >= 4 is 0 Å². The lowest BCUT2D eigenvalue weighted by atomic mass is 9.85. The van der Waals surface area contributed by atoms with Crippen LogP contribution >= 0.6 is 0 Å². The van der Waals surface area contributed by atoms with Gasteiger partial charge in [0.15, 0.2) is 0 Å². The predicted octanol–water partition coefficient (Wildman–Crippen LogP) is 4.35. The molecule has 0 aliphatic heterocycles. The molecule has 5 atom stereocenters. The average molecular weight is 182 g/mol. The van der Waals surface area contributed by atoms with E-state index < -0.39 is 0 Å². The van der Waals surface area contributed by atoms with Crippen LogP contribution in [-0.4, -0.2) is 0 Å². The van der Waals surface area contributed by atoms with Crippen LogP contribution < -0.4 is 0 Å². The molecule has 0 amide bonds. The topological polar surface area (TPSA) is 0 Å². The van der Waals surface area contributed by atoms with Gasteiger partial charge in [0.25, 0.3) is 0 Å². The molecule has 0 aromatic rings. The highest BCUT2D eigenvalue weighted by Crippen LogP contribution is 2.52. The van der Waals surface area contributed by atoms with Crippen LogP contribution in [0.15, 0.2) is 0 Å². The molecule has 0 bridgehead atoms. The summed E-state index contributed by atoms with van der Waals surface area (Å²) < 4.78 is 0. The first-order valence-electron chi connectivity index (χ1n) is 6.20. The van der Waals surface area contributed by atoms with E-state index in [0.29, 0.717) is 0 Å². The fraction of sp³-hybridized carbons (Fsp3) is 1.00. The fourth-order valence-corrected chi connectivity index (χ4v) is 3.62. The van der Waals surface area contributed by atoms with Crippen molar-refractivity contribution in [3.63, 3.8) is 0 Å². The molecule has 5 unspecified atom stereocenters. The molecule has 2 rings (SSSR count). The number of rotatable bonds is 0. The lowest BCUT2D eigenvalue weighted by Gasteiger charge is -2.21. The lowest BCUT2D eigenvalue weighted by molar-refractivity contribution is 0.277. The Morgan fingerprint density at radius 2 is 1.46 bits per heavy atom. The SMILES string of the molecule is CC.CC1CC2CCC(C)C2C1C. The van der Waals surface area contributed by atoms with Crippen molar-refractivity contribution in [3.05, 3.63) is 0 Å². The summed E-state index contributed by atoms with van der Waals surface area (Å²) in [5.41, 5.74) is 0. The summed E-state index contributed by atoms with van der Waals surface area (Å²) in [7, 11) is 0. The highest BCUT2D eigenvalue weighted by molar-refractivity contribution is 4.93. The summed E-state index contributed by atoms with van der Waals surface area (Å²) in [6, 6.07) is 0. The van der Waals surface area contributed by atoms with Gasteiger partial charge >= 0.3 is 0 Å². The first-order chi connectivity index (χ1) is 6.20. The largest absolute Gasteiger partial charge is 0.0683 e. The Labute approximate surface area is 84.1 Å². The Hall–Kier alpha value is 0. The monoisotopic (exact) mass is 182 g/mol. The first-order valence-corrected chi connectivity index (χ1v) is 6.20. The van der Waals surface area contributed by atoms with Gasteiger partial charge in [-0.3, -0.25) is 0 Å². The summed E-state index contributed by atoms with van der Waals surface area (Å²) in [4.78, 5) is 0. The normalized spacial score (nSPS) is 48.2. The Balaban J connectivity index is 0.000000396. The van der Waals surface area contributed by atoms with Crippen LogP contribution in [0, 0.1) is 29.6 Å². The van der Waals surface area contributed by atoms with E-state index in [9.17, 15) is 0 Å². The van der Waals surface area contributed by atoms with E-state index >= 15 is 0 Å². The molecule has 0 spiro atoms. The Kier molecular flexibility index (Phi) is 3.82. The molecule has 2 aliphatic rings. The minimum atomic E-state index is 1.01. The van der Waals surface area contributed by atoms with Crippen molar-refractivity contribution in [3.8, 4) is 0 Å². The quantitative estimate of drug-likeness (QED) is 0.522. The van der Waals surface area contributed by atoms with Gasteiger partial charge in [-0.25, -0.2) is 0 Å². The fourth-order valence-electron chi connectivity index (χ4n) is 3.62. The molecule has 2 fully saturated rings. The minimum Gasteiger partial charge on any atom is -0.0683 e. The van der Waals surface area contributed by atoms with Gasteiger partial charge in [0.2, 0.25) is 0 Å². The van der Waals surface area contributed by atoms with Crippen LogP contribution in [0.5, 0.6) is 0 Å². The van der Waals surface area contributed by atoms with Crippen molar-refractivity contribution in [2.45, 2.75) is 53.9 Å². The zero-order valence-corrected chi connectivity index (χ0v) is 10.0. The molecule has 0 aromatic heterocycles. The minimum absolute atomic E-state index is 1.01. The molecular formula is C13H26. The Morgan fingerprint density at radius 1 is 0.846 bits per heavy atom. The van der Waals surface area contributed by atoms with Crippen LogP contribution in [-0.2, 0) is 0 Å². The lowest BCUT2D eigenvalue weighted by Crippen LogP contribution is -2.15. The molecule has 13 heavy (non-hydrogen) atoms. The highest BCUT2D eigenvalue weighted by atomic mass is 14.5. The molecule has 2 aliphatic carbocycles. The third-order valence-electron chi connectivity index (χ3n) is 4.37. The smallest absolute Gasteiger partial charge is 0.0332 e. The summed E-state index contributed by atoms with van der Waals surface area (Å²) in [6.07, 6.45) is 4.56. The zero-order chi connectivity index (χ0) is 10.0. The van der Waals surface area contributed by atoms with Gasteiger partial charge in [-0.2, -0.15) is 0 Å². The van der Waals surface area contributed by atoms with Crippen molar-refractivity contribution in [1.29, 1.82) is 0 Å². The van der Waals surface area contributed by atoms with Crippen molar-refractivity contribution in [2.75, 3.05) is 0 Å². The molecule has 0 heteroatoms. The number of hydrogen-bond acceptors (Lipinski definition) is 0. The zero-order valence-electron chi connectivity index (χ0n) is 10.0. The standard InChI is InChI=1S/C11H20.C2H6/c1-7-4-5-10-6-8(2)9(3)11(7)10;1-2/h7-11H,4-6H2,1-3H3;1-2H3. The second-order valence-corrected chi connectivity index (χ2v) is 4.96. The summed E-state index contributed by atoms with van der Waals surface area (Å²) >= 11 is 0. The van der Waals surface area contributed by atoms with Gasteiger partial charge in [-0.1, -0.05) is 41.0 Å². The Bertz CT molecular complexity index is 148. The van der Waals surface area contributed by atoms with Crippen LogP contribution in [0.1, 0.15) is 53.9 Å².